The van der Waals surface area contributed by atoms with E-state index < -0.39 is 0 Å². The molecule has 1 N–H and O–H groups in total. The van der Waals surface area contributed by atoms with Crippen LogP contribution in [0.25, 0.3) is 0 Å². The van der Waals surface area contributed by atoms with Crippen molar-refractivity contribution in [1.82, 2.24) is 9.97 Å². The highest BCUT2D eigenvalue weighted by atomic mass is 79.9. The van der Waals surface area contributed by atoms with Gasteiger partial charge in [0.25, 0.3) is 0 Å². The first-order valence-electron chi connectivity index (χ1n) is 5.79. The summed E-state index contributed by atoms with van der Waals surface area (Å²) in [5.41, 5.74) is 1.24. The van der Waals surface area contributed by atoms with Crippen molar-refractivity contribution >= 4 is 49.8 Å². The molecule has 0 radical (unpaired) electrons. The quantitative estimate of drug-likeness (QED) is 0.866. The van der Waals surface area contributed by atoms with Crippen LogP contribution in [0.1, 0.15) is 23.4 Å². The highest BCUT2D eigenvalue weighted by molar-refractivity contribution is 9.10. The second kappa shape index (κ2) is 5.15. The van der Waals surface area contributed by atoms with Gasteiger partial charge in [0, 0.05) is 15.5 Å². The largest absolute Gasteiger partial charge is 0.315 e. The Morgan fingerprint density at radius 1 is 1.33 bits per heavy atom. The van der Waals surface area contributed by atoms with Gasteiger partial charge in [-0.1, -0.05) is 11.6 Å². The van der Waals surface area contributed by atoms with Gasteiger partial charge in [0.1, 0.15) is 0 Å². The topological polar surface area (TPSA) is 37.8 Å². The molecule has 3 nitrogen and oxygen atoms in total. The average Bonchev–Trinajstić information content (AvgIpc) is 2.75. The zero-order valence-corrected chi connectivity index (χ0v) is 12.7. The standard InChI is InChI=1S/C12H11BrClN3S/c13-7-5-8(14)11(15-6-7)17-12-16-9-3-1-2-4-10(9)18-12/h5-6H,1-4H2,(H,15,16,17). The second-order valence-electron chi connectivity index (χ2n) is 4.20. The number of nitrogens with zero attached hydrogens (tertiary/aromatic N) is 2. The molecule has 0 saturated carbocycles. The number of rotatable bonds is 2. The lowest BCUT2D eigenvalue weighted by Gasteiger charge is -2.06. The number of fused-ring (bicyclic) bond motifs is 1. The molecule has 0 saturated heterocycles. The Morgan fingerprint density at radius 3 is 2.94 bits per heavy atom. The van der Waals surface area contributed by atoms with Crippen LogP contribution in [0, 0.1) is 0 Å². The smallest absolute Gasteiger partial charge is 0.188 e. The molecule has 0 atom stereocenters. The van der Waals surface area contributed by atoms with Crippen LogP contribution in [0.15, 0.2) is 16.7 Å². The molecule has 3 rings (SSSR count). The Bertz CT molecular complexity index is 561. The Balaban J connectivity index is 1.85. The molecular weight excluding hydrogens is 334 g/mol. The number of aromatic nitrogens is 2. The van der Waals surface area contributed by atoms with Gasteiger partial charge in [-0.25, -0.2) is 9.97 Å². The van der Waals surface area contributed by atoms with Crippen molar-refractivity contribution in [1.29, 1.82) is 0 Å². The van der Waals surface area contributed by atoms with Gasteiger partial charge in [-0.15, -0.1) is 11.3 Å². The van der Waals surface area contributed by atoms with Crippen LogP contribution in [0.5, 0.6) is 0 Å². The molecule has 0 spiro atoms. The Labute approximate surface area is 123 Å². The van der Waals surface area contributed by atoms with E-state index in [-0.39, 0.29) is 0 Å². The number of aryl methyl sites for hydroxylation is 2. The molecule has 1 aliphatic rings. The molecule has 0 aromatic carbocycles. The third-order valence-electron chi connectivity index (χ3n) is 2.88. The Morgan fingerprint density at radius 2 is 2.17 bits per heavy atom. The van der Waals surface area contributed by atoms with Crippen molar-refractivity contribution in [3.63, 3.8) is 0 Å². The van der Waals surface area contributed by atoms with Crippen molar-refractivity contribution in [2.45, 2.75) is 25.7 Å². The third kappa shape index (κ3) is 2.53. The van der Waals surface area contributed by atoms with Crippen LogP contribution in [0.4, 0.5) is 10.9 Å². The number of pyridine rings is 1. The van der Waals surface area contributed by atoms with Gasteiger partial charge in [-0.05, 0) is 47.7 Å². The summed E-state index contributed by atoms with van der Waals surface area (Å²) in [5.74, 6) is 0.658. The minimum Gasteiger partial charge on any atom is -0.315 e. The van der Waals surface area contributed by atoms with Gasteiger partial charge in [-0.3, -0.25) is 0 Å². The summed E-state index contributed by atoms with van der Waals surface area (Å²) in [5, 5.41) is 4.68. The summed E-state index contributed by atoms with van der Waals surface area (Å²) in [7, 11) is 0. The molecule has 0 fully saturated rings. The average molecular weight is 345 g/mol. The van der Waals surface area contributed by atoms with E-state index in [1.807, 2.05) is 6.07 Å². The molecule has 6 heteroatoms. The van der Waals surface area contributed by atoms with Gasteiger partial charge >= 0.3 is 0 Å². The van der Waals surface area contributed by atoms with Crippen LogP contribution in [0.2, 0.25) is 5.02 Å². The molecule has 0 unspecified atom stereocenters. The second-order valence-corrected chi connectivity index (χ2v) is 6.61. The molecule has 0 bridgehead atoms. The summed E-state index contributed by atoms with van der Waals surface area (Å²) >= 11 is 11.2. The number of nitrogens with one attached hydrogen (secondary N) is 1. The van der Waals surface area contributed by atoms with E-state index in [0.717, 1.165) is 22.4 Å². The number of hydrogen-bond acceptors (Lipinski definition) is 4. The maximum absolute atomic E-state index is 6.13. The van der Waals surface area contributed by atoms with Crippen LogP contribution in [-0.4, -0.2) is 9.97 Å². The van der Waals surface area contributed by atoms with E-state index in [1.54, 1.807) is 17.5 Å². The third-order valence-corrected chi connectivity index (χ3v) is 4.67. The first-order chi connectivity index (χ1) is 8.72. The van der Waals surface area contributed by atoms with E-state index in [9.17, 15) is 0 Å². The molecule has 2 aromatic heterocycles. The van der Waals surface area contributed by atoms with Crippen molar-refractivity contribution < 1.29 is 0 Å². The number of hydrogen-bond donors (Lipinski definition) is 1. The van der Waals surface area contributed by atoms with Crippen LogP contribution < -0.4 is 5.32 Å². The van der Waals surface area contributed by atoms with Gasteiger partial charge in [0.2, 0.25) is 0 Å². The van der Waals surface area contributed by atoms with Crippen molar-refractivity contribution in [3.05, 3.63) is 32.3 Å². The molecule has 94 valence electrons. The minimum absolute atomic E-state index is 0.595. The molecule has 2 heterocycles. The highest BCUT2D eigenvalue weighted by Gasteiger charge is 2.15. The molecule has 2 aromatic rings. The summed E-state index contributed by atoms with van der Waals surface area (Å²) in [4.78, 5) is 10.3. The lowest BCUT2D eigenvalue weighted by atomic mass is 10.0. The van der Waals surface area contributed by atoms with Crippen molar-refractivity contribution in [3.8, 4) is 0 Å². The highest BCUT2D eigenvalue weighted by Crippen LogP contribution is 2.32. The molecule has 18 heavy (non-hydrogen) atoms. The van der Waals surface area contributed by atoms with Gasteiger partial charge < -0.3 is 5.32 Å². The summed E-state index contributed by atoms with van der Waals surface area (Å²) in [6, 6.07) is 1.82. The number of thiazole rings is 1. The van der Waals surface area contributed by atoms with E-state index in [0.29, 0.717) is 10.8 Å². The van der Waals surface area contributed by atoms with E-state index in [1.165, 1.54) is 23.4 Å². The molecular formula is C12H11BrClN3S. The van der Waals surface area contributed by atoms with Crippen LogP contribution >= 0.6 is 38.9 Å². The SMILES string of the molecule is Clc1cc(Br)cnc1Nc1nc2c(s1)CCCC2. The van der Waals surface area contributed by atoms with Crippen LogP contribution in [0.3, 0.4) is 0 Å². The summed E-state index contributed by atoms with van der Waals surface area (Å²) < 4.78 is 0.872. The fourth-order valence-electron chi connectivity index (χ4n) is 2.01. The number of anilines is 2. The minimum atomic E-state index is 0.595. The van der Waals surface area contributed by atoms with Gasteiger partial charge in [0.15, 0.2) is 10.9 Å². The van der Waals surface area contributed by atoms with Crippen molar-refractivity contribution in [2.75, 3.05) is 5.32 Å². The first-order valence-corrected chi connectivity index (χ1v) is 7.78. The van der Waals surface area contributed by atoms with Gasteiger partial charge in [-0.2, -0.15) is 0 Å². The maximum atomic E-state index is 6.13. The lowest BCUT2D eigenvalue weighted by molar-refractivity contribution is 0.683. The normalized spacial score (nSPS) is 14.3. The van der Waals surface area contributed by atoms with E-state index >= 15 is 0 Å². The fourth-order valence-corrected chi connectivity index (χ4v) is 3.74. The number of halogens is 2. The predicted octanol–water partition coefficient (Wildman–Crippen LogP) is 4.58. The lowest BCUT2D eigenvalue weighted by Crippen LogP contribution is -1.99. The van der Waals surface area contributed by atoms with E-state index in [4.69, 9.17) is 11.6 Å². The summed E-state index contributed by atoms with van der Waals surface area (Å²) in [6.07, 6.45) is 6.48. The fraction of sp³-hybridized carbons (Fsp3) is 0.333. The maximum Gasteiger partial charge on any atom is 0.188 e. The zero-order valence-electron chi connectivity index (χ0n) is 9.54. The summed E-state index contributed by atoms with van der Waals surface area (Å²) in [6.45, 7) is 0. The first kappa shape index (κ1) is 12.4. The monoisotopic (exact) mass is 343 g/mol. The van der Waals surface area contributed by atoms with Crippen LogP contribution in [-0.2, 0) is 12.8 Å². The predicted molar refractivity (Wildman–Crippen MR) is 79.0 cm³/mol. The van der Waals surface area contributed by atoms with Crippen molar-refractivity contribution in [2.24, 2.45) is 0 Å². The Hall–Kier alpha value is -0.650. The molecule has 0 amide bonds. The zero-order chi connectivity index (χ0) is 12.5. The molecule has 0 aliphatic heterocycles. The Kier molecular flexibility index (Phi) is 3.54. The molecule has 1 aliphatic carbocycles. The van der Waals surface area contributed by atoms with E-state index in [2.05, 4.69) is 31.2 Å². The van der Waals surface area contributed by atoms with Gasteiger partial charge in [0.05, 0.1) is 10.7 Å².